The molecule has 4 amide bonds. The van der Waals surface area contributed by atoms with Gasteiger partial charge in [0.25, 0.3) is 5.91 Å². The topological polar surface area (TPSA) is 118 Å². The minimum Gasteiger partial charge on any atom is -0.466 e. The fraction of sp³-hybridized carbons (Fsp3) is 0.529. The van der Waals surface area contributed by atoms with Gasteiger partial charge in [-0.05, 0) is 32.9 Å². The Hall–Kier alpha value is -2.49. The second kappa shape index (κ2) is 8.47. The van der Waals surface area contributed by atoms with Crippen LogP contribution in [0.3, 0.4) is 0 Å². The molecule has 0 saturated carbocycles. The minimum atomic E-state index is -0.834. The van der Waals surface area contributed by atoms with E-state index in [1.807, 2.05) is 0 Å². The van der Waals surface area contributed by atoms with E-state index in [2.05, 4.69) is 10.6 Å². The van der Waals surface area contributed by atoms with Crippen molar-refractivity contribution in [2.75, 3.05) is 12.4 Å². The number of amides is 4. The first kappa shape index (κ1) is 20.8. The number of nitrogens with one attached hydrogen (secondary N) is 2. The third-order valence-corrected chi connectivity index (χ3v) is 4.79. The molecule has 1 aromatic heterocycles. The number of ether oxygens (including phenoxy) is 1. The third-order valence-electron chi connectivity index (χ3n) is 3.51. The highest BCUT2D eigenvalue weighted by Crippen LogP contribution is 2.41. The van der Waals surface area contributed by atoms with Gasteiger partial charge in [0, 0.05) is 18.2 Å². The number of furan rings is 1. The number of urea groups is 1. The Morgan fingerprint density at radius 1 is 1.33 bits per heavy atom. The van der Waals surface area contributed by atoms with Crippen LogP contribution in [0.1, 0.15) is 38.8 Å². The van der Waals surface area contributed by atoms with E-state index in [0.29, 0.717) is 11.5 Å². The van der Waals surface area contributed by atoms with Crippen LogP contribution in [-0.2, 0) is 19.1 Å². The zero-order valence-corrected chi connectivity index (χ0v) is 16.4. The predicted molar refractivity (Wildman–Crippen MR) is 97.6 cm³/mol. The zero-order chi connectivity index (χ0) is 20.2. The molecule has 2 atom stereocenters. The van der Waals surface area contributed by atoms with Crippen molar-refractivity contribution in [2.45, 2.75) is 44.6 Å². The number of esters is 1. The number of hydrogen-bond donors (Lipinski definition) is 2. The molecule has 0 radical (unpaired) electrons. The van der Waals surface area contributed by atoms with Gasteiger partial charge in [0.2, 0.25) is 5.91 Å². The summed E-state index contributed by atoms with van der Waals surface area (Å²) < 4.78 is 10.3. The van der Waals surface area contributed by atoms with Gasteiger partial charge < -0.3 is 19.4 Å². The number of hydrogen-bond acceptors (Lipinski definition) is 7. The summed E-state index contributed by atoms with van der Waals surface area (Å²) in [6.45, 7) is 6.03. The van der Waals surface area contributed by atoms with Crippen LogP contribution in [0.15, 0.2) is 22.8 Å². The number of carbonyl (C=O) groups is 4. The minimum absolute atomic E-state index is 0.308. The largest absolute Gasteiger partial charge is 0.466 e. The van der Waals surface area contributed by atoms with E-state index in [4.69, 9.17) is 9.15 Å². The Bertz CT molecular complexity index is 713. The summed E-state index contributed by atoms with van der Waals surface area (Å²) in [6.07, 6.45) is 1.49. The molecule has 0 spiro atoms. The van der Waals surface area contributed by atoms with Gasteiger partial charge in [0.15, 0.2) is 6.61 Å². The maximum Gasteiger partial charge on any atom is 0.330 e. The van der Waals surface area contributed by atoms with E-state index < -0.39 is 41.5 Å². The molecule has 2 N–H and O–H groups in total. The molecule has 1 aromatic rings. The first-order valence-corrected chi connectivity index (χ1v) is 9.36. The molecule has 27 heavy (non-hydrogen) atoms. The quantitative estimate of drug-likeness (QED) is 0.738. The highest BCUT2D eigenvalue weighted by molar-refractivity contribution is 7.99. The molecular weight excluding hydrogens is 374 g/mol. The number of thioether (sulfide) groups is 1. The maximum absolute atomic E-state index is 12.4. The summed E-state index contributed by atoms with van der Waals surface area (Å²) >= 11 is 1.37. The molecule has 0 bridgehead atoms. The standard InChI is InChI=1S/C17H23N3O6S/c1-10(21)20-11(9-27-14(20)12-6-5-7-25-12)15(23)26-8-13(22)18-16(24)19-17(2,3)4/h5-7,11,14H,8-9H2,1-4H3,(H2,18,19,22,24)/t11-,14+/m1/s1. The van der Waals surface area contributed by atoms with E-state index in [9.17, 15) is 19.2 Å². The lowest BCUT2D eigenvalue weighted by Crippen LogP contribution is -2.49. The van der Waals surface area contributed by atoms with Gasteiger partial charge in [-0.25, -0.2) is 9.59 Å². The Labute approximate surface area is 161 Å². The Morgan fingerprint density at radius 2 is 2.04 bits per heavy atom. The van der Waals surface area contributed by atoms with E-state index >= 15 is 0 Å². The van der Waals surface area contributed by atoms with Crippen molar-refractivity contribution < 1.29 is 28.3 Å². The van der Waals surface area contributed by atoms with Crippen molar-refractivity contribution in [1.82, 2.24) is 15.5 Å². The summed E-state index contributed by atoms with van der Waals surface area (Å²) in [5.41, 5.74) is -0.509. The normalized spacial score (nSPS) is 19.5. The number of rotatable bonds is 4. The predicted octanol–water partition coefficient (Wildman–Crippen LogP) is 1.41. The van der Waals surface area contributed by atoms with Gasteiger partial charge in [-0.2, -0.15) is 0 Å². The van der Waals surface area contributed by atoms with Gasteiger partial charge in [-0.3, -0.25) is 14.9 Å². The molecule has 10 heteroatoms. The van der Waals surface area contributed by atoms with Gasteiger partial charge in [0.1, 0.15) is 17.2 Å². The Balaban J connectivity index is 1.90. The van der Waals surface area contributed by atoms with E-state index in [-0.39, 0.29) is 5.91 Å². The molecule has 2 rings (SSSR count). The lowest BCUT2D eigenvalue weighted by molar-refractivity contribution is -0.156. The molecule has 0 unspecified atom stereocenters. The van der Waals surface area contributed by atoms with Crippen LogP contribution in [0, 0.1) is 0 Å². The molecule has 1 aliphatic heterocycles. The van der Waals surface area contributed by atoms with Crippen molar-refractivity contribution in [3.8, 4) is 0 Å². The molecule has 148 valence electrons. The summed E-state index contributed by atoms with van der Waals surface area (Å²) in [6, 6.07) is 1.91. The smallest absolute Gasteiger partial charge is 0.330 e. The van der Waals surface area contributed by atoms with Crippen molar-refractivity contribution in [3.05, 3.63) is 24.2 Å². The number of carbonyl (C=O) groups excluding carboxylic acids is 4. The van der Waals surface area contributed by atoms with Crippen LogP contribution in [0.25, 0.3) is 0 Å². The van der Waals surface area contributed by atoms with Crippen LogP contribution in [0.2, 0.25) is 0 Å². The summed E-state index contributed by atoms with van der Waals surface area (Å²) in [5, 5.41) is 4.21. The lowest BCUT2D eigenvalue weighted by atomic mass is 10.1. The van der Waals surface area contributed by atoms with Gasteiger partial charge in [0.05, 0.1) is 6.26 Å². The van der Waals surface area contributed by atoms with Gasteiger partial charge in [-0.1, -0.05) is 0 Å². The highest BCUT2D eigenvalue weighted by Gasteiger charge is 2.43. The first-order valence-electron chi connectivity index (χ1n) is 8.31. The molecular formula is C17H23N3O6S. The number of imide groups is 1. The fourth-order valence-electron chi connectivity index (χ4n) is 2.49. The third kappa shape index (κ3) is 5.75. The molecule has 9 nitrogen and oxygen atoms in total. The first-order chi connectivity index (χ1) is 12.6. The monoisotopic (exact) mass is 397 g/mol. The summed E-state index contributed by atoms with van der Waals surface area (Å²) in [4.78, 5) is 49.1. The SMILES string of the molecule is CC(=O)N1[C@@H](C(=O)OCC(=O)NC(=O)NC(C)(C)C)CS[C@H]1c1ccco1. The molecule has 1 fully saturated rings. The Kier molecular flexibility index (Phi) is 6.53. The van der Waals surface area contributed by atoms with Crippen LogP contribution in [0.4, 0.5) is 4.79 Å². The second-order valence-corrected chi connectivity index (χ2v) is 8.12. The maximum atomic E-state index is 12.4. The second-order valence-electron chi connectivity index (χ2n) is 7.00. The van der Waals surface area contributed by atoms with Crippen LogP contribution >= 0.6 is 11.8 Å². The van der Waals surface area contributed by atoms with Crippen LogP contribution in [0.5, 0.6) is 0 Å². The lowest BCUT2D eigenvalue weighted by Gasteiger charge is -2.25. The molecule has 2 heterocycles. The van der Waals surface area contributed by atoms with Crippen LogP contribution < -0.4 is 10.6 Å². The molecule has 0 aliphatic carbocycles. The van der Waals surface area contributed by atoms with E-state index in [1.54, 1.807) is 32.9 Å². The zero-order valence-electron chi connectivity index (χ0n) is 15.6. The Morgan fingerprint density at radius 3 is 2.59 bits per heavy atom. The van der Waals surface area contributed by atoms with Gasteiger partial charge >= 0.3 is 12.0 Å². The van der Waals surface area contributed by atoms with Gasteiger partial charge in [-0.15, -0.1) is 11.8 Å². The highest BCUT2D eigenvalue weighted by atomic mass is 32.2. The van der Waals surface area contributed by atoms with Crippen molar-refractivity contribution >= 4 is 35.6 Å². The summed E-state index contributed by atoms with van der Waals surface area (Å²) in [7, 11) is 0. The van der Waals surface area contributed by atoms with E-state index in [1.165, 1.54) is 29.8 Å². The molecule has 0 aromatic carbocycles. The summed E-state index contributed by atoms with van der Waals surface area (Å²) in [5.74, 6) is -0.902. The average Bonchev–Trinajstić information content (AvgIpc) is 3.18. The van der Waals surface area contributed by atoms with Crippen molar-refractivity contribution in [2.24, 2.45) is 0 Å². The molecule has 1 saturated heterocycles. The van der Waals surface area contributed by atoms with Crippen molar-refractivity contribution in [3.63, 3.8) is 0 Å². The number of nitrogens with zero attached hydrogens (tertiary/aromatic N) is 1. The molecule has 1 aliphatic rings. The fourth-order valence-corrected chi connectivity index (χ4v) is 3.91. The average molecular weight is 397 g/mol. The van der Waals surface area contributed by atoms with E-state index in [0.717, 1.165) is 0 Å². The van der Waals surface area contributed by atoms with Crippen LogP contribution in [-0.4, -0.2) is 52.7 Å². The van der Waals surface area contributed by atoms with Crippen molar-refractivity contribution in [1.29, 1.82) is 0 Å².